The van der Waals surface area contributed by atoms with Crippen LogP contribution in [0.25, 0.3) is 0 Å². The molecule has 6 aliphatic heterocycles. The summed E-state index contributed by atoms with van der Waals surface area (Å²) >= 11 is 0. The number of carbonyl (C=O) groups excluding carboxylic acids is 1. The summed E-state index contributed by atoms with van der Waals surface area (Å²) in [5.74, 6) is 4.54. The normalized spacial score (nSPS) is 52.4. The van der Waals surface area contributed by atoms with Crippen molar-refractivity contribution < 1.29 is 4.79 Å². The highest BCUT2D eigenvalue weighted by Crippen LogP contribution is 2.52. The molecule has 44 heavy (non-hydrogen) atoms. The molecule has 0 spiro atoms. The van der Waals surface area contributed by atoms with Gasteiger partial charge >= 0.3 is 0 Å². The van der Waals surface area contributed by atoms with Crippen molar-refractivity contribution in [3.05, 3.63) is 0 Å². The average molecular weight is 612 g/mol. The molecule has 6 nitrogen and oxygen atoms in total. The van der Waals surface area contributed by atoms with Crippen molar-refractivity contribution in [2.24, 2.45) is 47.3 Å². The van der Waals surface area contributed by atoms with Gasteiger partial charge in [-0.2, -0.15) is 0 Å². The number of likely N-dealkylation sites (N-methyl/N-ethyl adjacent to an activating group) is 1. The molecule has 0 radical (unpaired) electrons. The molecule has 0 amide bonds. The predicted molar refractivity (Wildman–Crippen MR) is 183 cm³/mol. The molecule has 6 saturated heterocycles. The molecule has 10 bridgehead atoms. The first-order valence-electron chi connectivity index (χ1n) is 19.6. The fraction of sp³-hybridized carbons (Fsp3) is 0.974. The largest absolute Gasteiger partial charge is 0.309 e. The van der Waals surface area contributed by atoms with Crippen molar-refractivity contribution in [1.82, 2.24) is 25.8 Å². The lowest BCUT2D eigenvalue weighted by molar-refractivity contribution is -0.115. The molecule has 252 valence electrons. The molecule has 6 heterocycles. The molecule has 0 aromatic carbocycles. The standard InChI is InChI=1S/C38H69N5O/c1-10-21-22(11-2)33-38-34-24(13-4)23(12-3)32(41-34)37(42(38)9)30-19-18-29(39-30)27(16-7)35-25(14-5)26(15-6)36(43(35)17-8)28(20-44)31(21)40-33/h20-41H,10-19H2,1-9H3. The number of piperazine rings is 1. The van der Waals surface area contributed by atoms with E-state index in [4.69, 9.17) is 0 Å². The van der Waals surface area contributed by atoms with E-state index >= 15 is 0 Å². The Kier molecular flexibility index (Phi) is 10.3. The van der Waals surface area contributed by atoms with Crippen molar-refractivity contribution in [3.8, 4) is 0 Å². The second kappa shape index (κ2) is 13.5. The molecular formula is C38H69N5O. The Morgan fingerprint density at radius 3 is 1.48 bits per heavy atom. The van der Waals surface area contributed by atoms with Crippen LogP contribution in [0.5, 0.6) is 0 Å². The zero-order chi connectivity index (χ0) is 31.4. The first-order chi connectivity index (χ1) is 21.4. The molecule has 18 atom stereocenters. The zero-order valence-electron chi connectivity index (χ0n) is 29.8. The highest BCUT2D eigenvalue weighted by Gasteiger charge is 2.63. The van der Waals surface area contributed by atoms with Gasteiger partial charge < -0.3 is 20.7 Å². The van der Waals surface area contributed by atoms with Crippen molar-refractivity contribution in [3.63, 3.8) is 0 Å². The van der Waals surface area contributed by atoms with Gasteiger partial charge in [0, 0.05) is 66.3 Å². The van der Waals surface area contributed by atoms with Gasteiger partial charge in [0.25, 0.3) is 0 Å². The molecule has 0 saturated carbocycles. The summed E-state index contributed by atoms with van der Waals surface area (Å²) in [5, 5.41) is 13.2. The van der Waals surface area contributed by atoms with Gasteiger partial charge in [0.1, 0.15) is 6.29 Å². The summed E-state index contributed by atoms with van der Waals surface area (Å²) in [6.45, 7) is 20.5. The minimum atomic E-state index is 0.0482. The maximum absolute atomic E-state index is 13.6. The van der Waals surface area contributed by atoms with Gasteiger partial charge in [0.05, 0.1) is 0 Å². The highest BCUT2D eigenvalue weighted by atomic mass is 16.1. The summed E-state index contributed by atoms with van der Waals surface area (Å²) in [6.07, 6.45) is 12.5. The molecule has 0 aliphatic carbocycles. The summed E-state index contributed by atoms with van der Waals surface area (Å²) in [5.41, 5.74) is 0. The Bertz CT molecular complexity index is 977. The lowest BCUT2D eigenvalue weighted by atomic mass is 9.71. The summed E-state index contributed by atoms with van der Waals surface area (Å²) in [6, 6.07) is 4.78. The van der Waals surface area contributed by atoms with Crippen LogP contribution in [-0.4, -0.2) is 90.1 Å². The number of nitrogens with zero attached hydrogens (tertiary/aromatic N) is 2. The number of carbonyl (C=O) groups is 1. The third-order valence-corrected chi connectivity index (χ3v) is 15.2. The number of fused-ring (bicyclic) bond motifs is 14. The summed E-state index contributed by atoms with van der Waals surface area (Å²) < 4.78 is 0. The molecule has 6 aliphatic rings. The van der Waals surface area contributed by atoms with Gasteiger partial charge in [-0.3, -0.25) is 9.80 Å². The summed E-state index contributed by atoms with van der Waals surface area (Å²) in [7, 11) is 2.50. The first kappa shape index (κ1) is 33.4. The lowest BCUT2D eigenvalue weighted by Crippen LogP contribution is -2.72. The third-order valence-electron chi connectivity index (χ3n) is 15.2. The van der Waals surface area contributed by atoms with E-state index in [0.29, 0.717) is 84.0 Å². The van der Waals surface area contributed by atoms with E-state index in [2.05, 4.69) is 88.2 Å². The van der Waals surface area contributed by atoms with Crippen LogP contribution in [0, 0.1) is 47.3 Å². The third kappa shape index (κ3) is 4.84. The van der Waals surface area contributed by atoms with E-state index in [1.54, 1.807) is 0 Å². The Hall–Kier alpha value is -0.530. The van der Waals surface area contributed by atoms with Crippen molar-refractivity contribution in [2.45, 2.75) is 174 Å². The van der Waals surface area contributed by atoms with Gasteiger partial charge in [-0.05, 0) is 67.9 Å². The van der Waals surface area contributed by atoms with Crippen LogP contribution in [-0.2, 0) is 4.79 Å². The van der Waals surface area contributed by atoms with Crippen LogP contribution in [0.4, 0.5) is 0 Å². The van der Waals surface area contributed by atoms with E-state index in [1.807, 2.05) is 0 Å². The minimum Gasteiger partial charge on any atom is -0.309 e. The van der Waals surface area contributed by atoms with Gasteiger partial charge in [-0.1, -0.05) is 100 Å². The van der Waals surface area contributed by atoms with Gasteiger partial charge in [0.15, 0.2) is 0 Å². The highest BCUT2D eigenvalue weighted by molar-refractivity contribution is 5.57. The smallest absolute Gasteiger partial charge is 0.126 e. The van der Waals surface area contributed by atoms with Crippen molar-refractivity contribution in [1.29, 1.82) is 0 Å². The minimum absolute atomic E-state index is 0.0482. The van der Waals surface area contributed by atoms with Crippen LogP contribution < -0.4 is 16.0 Å². The molecule has 6 rings (SSSR count). The van der Waals surface area contributed by atoms with Gasteiger partial charge in [0.2, 0.25) is 0 Å². The first-order valence-corrected chi connectivity index (χ1v) is 19.6. The Morgan fingerprint density at radius 1 is 0.523 bits per heavy atom. The SMILES string of the molecule is CCC1C(CC)C2NC1C(C=O)C1C(CC)C(CC)C(C(CC)C3CCC(N3)C3C4NC(C(CC)C4CC)C2N3C)N1CC. The zero-order valence-corrected chi connectivity index (χ0v) is 29.8. The van der Waals surface area contributed by atoms with E-state index in [-0.39, 0.29) is 12.0 Å². The van der Waals surface area contributed by atoms with Crippen LogP contribution in [0.15, 0.2) is 0 Å². The molecule has 6 heteroatoms. The Morgan fingerprint density at radius 2 is 0.977 bits per heavy atom. The average Bonchev–Trinajstić information content (AvgIpc) is 3.80. The fourth-order valence-electron chi connectivity index (χ4n) is 13.7. The van der Waals surface area contributed by atoms with E-state index < -0.39 is 0 Å². The number of aldehydes is 1. The lowest BCUT2D eigenvalue weighted by Gasteiger charge is -2.51. The van der Waals surface area contributed by atoms with Crippen LogP contribution in [0.1, 0.15) is 113 Å². The predicted octanol–water partition coefficient (Wildman–Crippen LogP) is 5.56. The monoisotopic (exact) mass is 612 g/mol. The quantitative estimate of drug-likeness (QED) is 0.235. The number of hydrogen-bond donors (Lipinski definition) is 3. The Labute approximate surface area is 271 Å². The van der Waals surface area contributed by atoms with Crippen LogP contribution >= 0.6 is 0 Å². The number of rotatable bonds is 9. The van der Waals surface area contributed by atoms with Crippen LogP contribution in [0.3, 0.4) is 0 Å². The van der Waals surface area contributed by atoms with E-state index in [1.165, 1.54) is 57.7 Å². The molecular weight excluding hydrogens is 542 g/mol. The molecule has 18 unspecified atom stereocenters. The van der Waals surface area contributed by atoms with Crippen molar-refractivity contribution in [2.75, 3.05) is 13.6 Å². The van der Waals surface area contributed by atoms with E-state index in [0.717, 1.165) is 24.8 Å². The second-order valence-corrected chi connectivity index (χ2v) is 16.1. The molecule has 0 aromatic rings. The summed E-state index contributed by atoms with van der Waals surface area (Å²) in [4.78, 5) is 19.4. The van der Waals surface area contributed by atoms with Crippen LogP contribution in [0.2, 0.25) is 0 Å². The molecule has 6 fully saturated rings. The van der Waals surface area contributed by atoms with Crippen molar-refractivity contribution >= 4 is 6.29 Å². The maximum Gasteiger partial charge on any atom is 0.126 e. The van der Waals surface area contributed by atoms with E-state index in [9.17, 15) is 4.79 Å². The number of nitrogens with one attached hydrogen (secondary N) is 3. The number of hydrogen-bond acceptors (Lipinski definition) is 6. The van der Waals surface area contributed by atoms with Gasteiger partial charge in [-0.25, -0.2) is 0 Å². The maximum atomic E-state index is 13.6. The topological polar surface area (TPSA) is 59.6 Å². The second-order valence-electron chi connectivity index (χ2n) is 16.1. The fourth-order valence-corrected chi connectivity index (χ4v) is 13.7. The molecule has 0 aromatic heterocycles. The van der Waals surface area contributed by atoms with Gasteiger partial charge in [-0.15, -0.1) is 0 Å². The Balaban J connectivity index is 1.53. The molecule has 3 N–H and O–H groups in total.